The van der Waals surface area contributed by atoms with Gasteiger partial charge in [0.15, 0.2) is 0 Å². The van der Waals surface area contributed by atoms with E-state index in [0.29, 0.717) is 16.9 Å². The molecule has 4 rings (SSSR count). The monoisotopic (exact) mass is 417 g/mol. The van der Waals surface area contributed by atoms with E-state index in [4.69, 9.17) is 0 Å². The number of hydrogen-bond donors (Lipinski definition) is 2. The van der Waals surface area contributed by atoms with Crippen LogP contribution in [0.3, 0.4) is 0 Å². The van der Waals surface area contributed by atoms with Gasteiger partial charge in [0, 0.05) is 11.3 Å². The van der Waals surface area contributed by atoms with Crippen LogP contribution in [-0.4, -0.2) is 18.4 Å². The highest BCUT2D eigenvalue weighted by Gasteiger charge is 2.30. The summed E-state index contributed by atoms with van der Waals surface area (Å²) in [6.45, 7) is 0. The summed E-state index contributed by atoms with van der Waals surface area (Å²) in [6.07, 6.45) is -4.49. The molecule has 3 aromatic carbocycles. The molecule has 0 aliphatic rings. The van der Waals surface area contributed by atoms with Gasteiger partial charge in [-0.15, -0.1) is 0 Å². The first-order chi connectivity index (χ1) is 13.7. The maximum atomic E-state index is 12.6. The van der Waals surface area contributed by atoms with Gasteiger partial charge in [0.25, 0.3) is 10.0 Å². The van der Waals surface area contributed by atoms with Crippen LogP contribution < -0.4 is 4.72 Å². The predicted molar refractivity (Wildman–Crippen MR) is 104 cm³/mol. The van der Waals surface area contributed by atoms with E-state index in [2.05, 4.69) is 14.7 Å². The number of nitrogens with one attached hydrogen (secondary N) is 2. The molecular weight excluding hydrogens is 403 g/mol. The van der Waals surface area contributed by atoms with Crippen LogP contribution in [-0.2, 0) is 16.2 Å². The fourth-order valence-corrected chi connectivity index (χ4v) is 3.91. The van der Waals surface area contributed by atoms with Gasteiger partial charge in [0.1, 0.15) is 5.82 Å². The number of sulfonamides is 1. The van der Waals surface area contributed by atoms with Crippen LogP contribution in [0.5, 0.6) is 0 Å². The zero-order chi connectivity index (χ0) is 20.6. The Morgan fingerprint density at radius 1 is 0.897 bits per heavy atom. The summed E-state index contributed by atoms with van der Waals surface area (Å²) in [7, 11) is -3.99. The van der Waals surface area contributed by atoms with Crippen molar-refractivity contribution in [3.05, 3.63) is 78.4 Å². The van der Waals surface area contributed by atoms with E-state index < -0.39 is 21.8 Å². The second-order valence-electron chi connectivity index (χ2n) is 6.31. The molecule has 0 radical (unpaired) electrons. The quantitative estimate of drug-likeness (QED) is 0.488. The number of rotatable bonds is 4. The molecule has 0 fully saturated rings. The molecule has 0 spiro atoms. The highest BCUT2D eigenvalue weighted by Crippen LogP contribution is 2.30. The fourth-order valence-electron chi connectivity index (χ4n) is 2.83. The number of fused-ring (bicyclic) bond motifs is 1. The SMILES string of the molecule is O=S(=O)(Nc1ccc(C(F)(F)F)cc1)c1ccc2nc(-c3ccccc3)[nH]c2c1. The molecule has 0 unspecified atom stereocenters. The molecule has 29 heavy (non-hydrogen) atoms. The minimum atomic E-state index is -4.49. The molecule has 148 valence electrons. The minimum Gasteiger partial charge on any atom is -0.338 e. The number of H-pyrrole nitrogens is 1. The van der Waals surface area contributed by atoms with Crippen molar-refractivity contribution in [1.29, 1.82) is 0 Å². The number of aromatic amines is 1. The molecule has 2 N–H and O–H groups in total. The number of nitrogens with zero attached hydrogens (tertiary/aromatic N) is 1. The molecule has 0 aliphatic heterocycles. The number of halogens is 3. The van der Waals surface area contributed by atoms with E-state index in [-0.39, 0.29) is 10.6 Å². The molecule has 0 bridgehead atoms. The normalized spacial score (nSPS) is 12.2. The Kier molecular flexibility index (Phi) is 4.54. The molecule has 1 heterocycles. The van der Waals surface area contributed by atoms with Crippen molar-refractivity contribution in [2.75, 3.05) is 4.72 Å². The Labute approximate surface area is 164 Å². The third-order valence-corrected chi connectivity index (χ3v) is 5.65. The van der Waals surface area contributed by atoms with E-state index in [1.165, 1.54) is 12.1 Å². The van der Waals surface area contributed by atoms with Crippen molar-refractivity contribution in [3.63, 3.8) is 0 Å². The lowest BCUT2D eigenvalue weighted by Crippen LogP contribution is -2.13. The van der Waals surface area contributed by atoms with Gasteiger partial charge in [0.2, 0.25) is 0 Å². The summed E-state index contributed by atoms with van der Waals surface area (Å²) in [4.78, 5) is 7.50. The second-order valence-corrected chi connectivity index (χ2v) is 7.99. The first kappa shape index (κ1) is 19.0. The van der Waals surface area contributed by atoms with Crippen LogP contribution >= 0.6 is 0 Å². The zero-order valence-electron chi connectivity index (χ0n) is 14.7. The first-order valence-corrected chi connectivity index (χ1v) is 9.96. The van der Waals surface area contributed by atoms with Crippen LogP contribution in [0.15, 0.2) is 77.7 Å². The minimum absolute atomic E-state index is 0.0341. The molecule has 9 heteroatoms. The first-order valence-electron chi connectivity index (χ1n) is 8.48. The Morgan fingerprint density at radius 3 is 2.24 bits per heavy atom. The van der Waals surface area contributed by atoms with Crippen molar-refractivity contribution >= 4 is 26.7 Å². The van der Waals surface area contributed by atoms with Gasteiger partial charge in [-0.25, -0.2) is 13.4 Å². The number of anilines is 1. The van der Waals surface area contributed by atoms with E-state index >= 15 is 0 Å². The highest BCUT2D eigenvalue weighted by molar-refractivity contribution is 7.92. The lowest BCUT2D eigenvalue weighted by molar-refractivity contribution is -0.137. The van der Waals surface area contributed by atoms with Crippen molar-refractivity contribution in [1.82, 2.24) is 9.97 Å². The maximum absolute atomic E-state index is 12.6. The Hall–Kier alpha value is -3.33. The lowest BCUT2D eigenvalue weighted by atomic mass is 10.2. The number of benzene rings is 3. The molecule has 4 aromatic rings. The lowest BCUT2D eigenvalue weighted by Gasteiger charge is -2.10. The fraction of sp³-hybridized carbons (Fsp3) is 0.0500. The van der Waals surface area contributed by atoms with Crippen LogP contribution in [0, 0.1) is 0 Å². The van der Waals surface area contributed by atoms with Gasteiger partial charge >= 0.3 is 6.18 Å². The molecular formula is C20H14F3N3O2S. The summed E-state index contributed by atoms with van der Waals surface area (Å²) in [6, 6.07) is 17.5. The van der Waals surface area contributed by atoms with E-state index in [0.717, 1.165) is 29.8 Å². The van der Waals surface area contributed by atoms with Crippen molar-refractivity contribution in [2.45, 2.75) is 11.1 Å². The third kappa shape index (κ3) is 3.95. The molecule has 5 nitrogen and oxygen atoms in total. The van der Waals surface area contributed by atoms with E-state index in [9.17, 15) is 21.6 Å². The topological polar surface area (TPSA) is 74.8 Å². The molecule has 0 atom stereocenters. The van der Waals surface area contributed by atoms with Crippen LogP contribution in [0.25, 0.3) is 22.4 Å². The average Bonchev–Trinajstić information content (AvgIpc) is 3.11. The number of aromatic nitrogens is 2. The van der Waals surface area contributed by atoms with Crippen molar-refractivity contribution in [3.8, 4) is 11.4 Å². The van der Waals surface area contributed by atoms with Crippen molar-refractivity contribution in [2.24, 2.45) is 0 Å². The third-order valence-electron chi connectivity index (χ3n) is 4.28. The molecule has 0 saturated heterocycles. The summed E-state index contributed by atoms with van der Waals surface area (Å²) < 4.78 is 65.5. The highest BCUT2D eigenvalue weighted by atomic mass is 32.2. The van der Waals surface area contributed by atoms with Crippen LogP contribution in [0.1, 0.15) is 5.56 Å². The molecule has 0 aliphatic carbocycles. The van der Waals surface area contributed by atoms with Crippen molar-refractivity contribution < 1.29 is 21.6 Å². The molecule has 0 amide bonds. The molecule has 0 saturated carbocycles. The average molecular weight is 417 g/mol. The summed E-state index contributed by atoms with van der Waals surface area (Å²) in [5, 5.41) is 0. The standard InChI is InChI=1S/C20H14F3N3O2S/c21-20(22,23)14-6-8-15(9-7-14)26-29(27,28)16-10-11-17-18(12-16)25-19(24-17)13-4-2-1-3-5-13/h1-12,26H,(H,24,25). The summed E-state index contributed by atoms with van der Waals surface area (Å²) in [5.74, 6) is 0.603. The molecule has 1 aromatic heterocycles. The Morgan fingerprint density at radius 2 is 1.59 bits per heavy atom. The van der Waals surface area contributed by atoms with Crippen LogP contribution in [0.2, 0.25) is 0 Å². The number of imidazole rings is 1. The van der Waals surface area contributed by atoms with Gasteiger partial charge in [-0.2, -0.15) is 13.2 Å². The van der Waals surface area contributed by atoms with E-state index in [1.54, 1.807) is 6.07 Å². The number of alkyl halides is 3. The summed E-state index contributed by atoms with van der Waals surface area (Å²) >= 11 is 0. The van der Waals surface area contributed by atoms with Gasteiger partial charge < -0.3 is 4.98 Å². The Bertz CT molecular complexity index is 1270. The summed E-state index contributed by atoms with van der Waals surface area (Å²) in [5.41, 5.74) is 1.16. The van der Waals surface area contributed by atoms with Gasteiger partial charge in [-0.05, 0) is 42.5 Å². The smallest absolute Gasteiger partial charge is 0.338 e. The second kappa shape index (κ2) is 6.93. The number of hydrogen-bond acceptors (Lipinski definition) is 3. The predicted octanol–water partition coefficient (Wildman–Crippen LogP) is 5.05. The van der Waals surface area contributed by atoms with Crippen LogP contribution in [0.4, 0.5) is 18.9 Å². The zero-order valence-corrected chi connectivity index (χ0v) is 15.6. The van der Waals surface area contributed by atoms with Gasteiger partial charge in [-0.1, -0.05) is 30.3 Å². The largest absolute Gasteiger partial charge is 0.416 e. The van der Waals surface area contributed by atoms with E-state index in [1.807, 2.05) is 30.3 Å². The van der Waals surface area contributed by atoms with Gasteiger partial charge in [-0.3, -0.25) is 4.72 Å². The Balaban J connectivity index is 1.63. The van der Waals surface area contributed by atoms with Gasteiger partial charge in [0.05, 0.1) is 21.5 Å². The maximum Gasteiger partial charge on any atom is 0.416 e.